The summed E-state index contributed by atoms with van der Waals surface area (Å²) >= 11 is 0. The van der Waals surface area contributed by atoms with Crippen molar-refractivity contribution in [3.05, 3.63) is 66.2 Å². The predicted octanol–water partition coefficient (Wildman–Crippen LogP) is 2.17. The lowest BCUT2D eigenvalue weighted by molar-refractivity contribution is -0.117. The Labute approximate surface area is 167 Å². The number of piperazine rings is 1. The second-order valence-electron chi connectivity index (χ2n) is 6.89. The van der Waals surface area contributed by atoms with Gasteiger partial charge in [0.15, 0.2) is 0 Å². The number of nitrogens with one attached hydrogen (secondary N) is 1. The Morgan fingerprint density at radius 2 is 1.72 bits per heavy atom. The highest BCUT2D eigenvalue weighted by Crippen LogP contribution is 2.15. The van der Waals surface area contributed by atoms with Crippen molar-refractivity contribution in [3.8, 4) is 0 Å². The molecule has 1 aliphatic rings. The van der Waals surface area contributed by atoms with E-state index in [1.54, 1.807) is 47.6 Å². The molecule has 1 aromatic heterocycles. The van der Waals surface area contributed by atoms with Crippen LogP contribution in [-0.4, -0.2) is 64.3 Å². The second kappa shape index (κ2) is 8.32. The van der Waals surface area contributed by atoms with E-state index in [1.807, 2.05) is 4.90 Å². The number of hydrogen-bond acceptors (Lipinski definition) is 5. The normalized spacial score (nSPS) is 14.7. The van der Waals surface area contributed by atoms with Gasteiger partial charge in [-0.25, -0.2) is 4.39 Å². The highest BCUT2D eigenvalue weighted by atomic mass is 19.1. The molecule has 1 N–H and O–H groups in total. The number of fused-ring (bicyclic) bond motifs is 1. The molecule has 8 heteroatoms. The standard InChI is InChI=1S/C21H20FN5O2/c22-16-2-1-3-17(13-16)25-20(28)14-26-8-10-27(11-9-26)21(29)15-4-5-18-19(12-15)24-7-6-23-18/h1-7,12-13H,8-11,14H2,(H,25,28). The molecule has 0 radical (unpaired) electrons. The summed E-state index contributed by atoms with van der Waals surface area (Å²) in [6.45, 7) is 2.45. The Balaban J connectivity index is 1.31. The van der Waals surface area contributed by atoms with Crippen LogP contribution >= 0.6 is 0 Å². The van der Waals surface area contributed by atoms with Crippen LogP contribution in [0.4, 0.5) is 10.1 Å². The Morgan fingerprint density at radius 1 is 0.966 bits per heavy atom. The molecule has 0 atom stereocenters. The topological polar surface area (TPSA) is 78.4 Å². The van der Waals surface area contributed by atoms with Crippen LogP contribution in [0.3, 0.4) is 0 Å². The van der Waals surface area contributed by atoms with Gasteiger partial charge in [0, 0.05) is 49.8 Å². The summed E-state index contributed by atoms with van der Waals surface area (Å²) in [6, 6.07) is 11.1. The van der Waals surface area contributed by atoms with E-state index in [9.17, 15) is 14.0 Å². The van der Waals surface area contributed by atoms with Crippen molar-refractivity contribution in [2.24, 2.45) is 0 Å². The van der Waals surface area contributed by atoms with Gasteiger partial charge in [-0.05, 0) is 36.4 Å². The maximum Gasteiger partial charge on any atom is 0.254 e. The maximum atomic E-state index is 13.2. The van der Waals surface area contributed by atoms with E-state index < -0.39 is 5.82 Å². The van der Waals surface area contributed by atoms with Gasteiger partial charge in [0.1, 0.15) is 5.82 Å². The van der Waals surface area contributed by atoms with Crippen molar-refractivity contribution < 1.29 is 14.0 Å². The SMILES string of the molecule is O=C(CN1CCN(C(=O)c2ccc3nccnc3c2)CC1)Nc1cccc(F)c1. The molecule has 1 fully saturated rings. The maximum absolute atomic E-state index is 13.2. The number of nitrogens with zero attached hydrogens (tertiary/aromatic N) is 4. The van der Waals surface area contributed by atoms with Crippen LogP contribution < -0.4 is 5.32 Å². The summed E-state index contributed by atoms with van der Waals surface area (Å²) in [5.41, 5.74) is 2.45. The number of amides is 2. The fourth-order valence-corrected chi connectivity index (χ4v) is 3.36. The average molecular weight is 393 g/mol. The lowest BCUT2D eigenvalue weighted by Gasteiger charge is -2.34. The molecular weight excluding hydrogens is 373 g/mol. The number of aromatic nitrogens is 2. The number of carbonyl (C=O) groups is 2. The van der Waals surface area contributed by atoms with Crippen LogP contribution in [0.25, 0.3) is 11.0 Å². The predicted molar refractivity (Wildman–Crippen MR) is 107 cm³/mol. The van der Waals surface area contributed by atoms with Gasteiger partial charge in [0.25, 0.3) is 5.91 Å². The quantitative estimate of drug-likeness (QED) is 0.735. The Bertz CT molecular complexity index is 1050. The summed E-state index contributed by atoms with van der Waals surface area (Å²) in [6.07, 6.45) is 3.22. The first kappa shape index (κ1) is 18.9. The average Bonchev–Trinajstić information content (AvgIpc) is 2.73. The number of hydrogen-bond donors (Lipinski definition) is 1. The Hall–Kier alpha value is -3.39. The van der Waals surface area contributed by atoms with Crippen molar-refractivity contribution in [2.45, 2.75) is 0 Å². The van der Waals surface area contributed by atoms with E-state index in [0.29, 0.717) is 42.9 Å². The fourth-order valence-electron chi connectivity index (χ4n) is 3.36. The van der Waals surface area contributed by atoms with Gasteiger partial charge in [0.2, 0.25) is 5.91 Å². The van der Waals surface area contributed by atoms with Gasteiger partial charge in [-0.15, -0.1) is 0 Å². The van der Waals surface area contributed by atoms with Gasteiger partial charge in [-0.1, -0.05) is 6.07 Å². The molecule has 0 aliphatic carbocycles. The zero-order chi connectivity index (χ0) is 20.2. The Morgan fingerprint density at radius 3 is 2.48 bits per heavy atom. The van der Waals surface area contributed by atoms with Gasteiger partial charge < -0.3 is 10.2 Å². The van der Waals surface area contributed by atoms with Crippen LogP contribution in [0.1, 0.15) is 10.4 Å². The molecule has 2 amide bonds. The van der Waals surface area contributed by atoms with Crippen molar-refractivity contribution in [1.82, 2.24) is 19.8 Å². The van der Waals surface area contributed by atoms with Crippen molar-refractivity contribution in [3.63, 3.8) is 0 Å². The van der Waals surface area contributed by atoms with Crippen LogP contribution in [0.5, 0.6) is 0 Å². The molecule has 7 nitrogen and oxygen atoms in total. The first-order valence-corrected chi connectivity index (χ1v) is 9.36. The molecule has 0 unspecified atom stereocenters. The van der Waals surface area contributed by atoms with Crippen LogP contribution in [0.15, 0.2) is 54.9 Å². The summed E-state index contributed by atoms with van der Waals surface area (Å²) in [7, 11) is 0. The summed E-state index contributed by atoms with van der Waals surface area (Å²) < 4.78 is 13.2. The third kappa shape index (κ3) is 4.55. The third-order valence-electron chi connectivity index (χ3n) is 4.85. The molecule has 1 saturated heterocycles. The lowest BCUT2D eigenvalue weighted by atomic mass is 10.1. The molecule has 148 valence electrons. The summed E-state index contributed by atoms with van der Waals surface area (Å²) in [5.74, 6) is -0.653. The van der Waals surface area contributed by atoms with E-state index in [1.165, 1.54) is 12.1 Å². The molecule has 0 bridgehead atoms. The zero-order valence-corrected chi connectivity index (χ0v) is 15.7. The Kier molecular flexibility index (Phi) is 5.44. The highest BCUT2D eigenvalue weighted by Gasteiger charge is 2.23. The fraction of sp³-hybridized carbons (Fsp3) is 0.238. The summed E-state index contributed by atoms with van der Waals surface area (Å²) in [5, 5.41) is 2.69. The number of carbonyl (C=O) groups excluding carboxylic acids is 2. The minimum absolute atomic E-state index is 0.0542. The smallest absolute Gasteiger partial charge is 0.254 e. The van der Waals surface area contributed by atoms with Crippen molar-refractivity contribution >= 4 is 28.5 Å². The first-order valence-electron chi connectivity index (χ1n) is 9.36. The second-order valence-corrected chi connectivity index (χ2v) is 6.89. The number of halogens is 1. The summed E-state index contributed by atoms with van der Waals surface area (Å²) in [4.78, 5) is 37.2. The van der Waals surface area contributed by atoms with E-state index in [4.69, 9.17) is 0 Å². The van der Waals surface area contributed by atoms with Gasteiger partial charge in [0.05, 0.1) is 17.6 Å². The largest absolute Gasteiger partial charge is 0.336 e. The van der Waals surface area contributed by atoms with Crippen LogP contribution in [-0.2, 0) is 4.79 Å². The van der Waals surface area contributed by atoms with Crippen molar-refractivity contribution in [1.29, 1.82) is 0 Å². The first-order chi connectivity index (χ1) is 14.1. The molecule has 2 heterocycles. The van der Waals surface area contributed by atoms with Crippen molar-refractivity contribution in [2.75, 3.05) is 38.0 Å². The molecular formula is C21H20FN5O2. The monoisotopic (exact) mass is 393 g/mol. The molecule has 1 aliphatic heterocycles. The highest BCUT2D eigenvalue weighted by molar-refractivity contribution is 5.97. The molecule has 2 aromatic carbocycles. The molecule has 4 rings (SSSR count). The number of rotatable bonds is 4. The van der Waals surface area contributed by atoms with Crippen LogP contribution in [0, 0.1) is 5.82 Å². The molecule has 29 heavy (non-hydrogen) atoms. The van der Waals surface area contributed by atoms with Gasteiger partial charge >= 0.3 is 0 Å². The van der Waals surface area contributed by atoms with E-state index in [-0.39, 0.29) is 18.4 Å². The molecule has 0 spiro atoms. The van der Waals surface area contributed by atoms with E-state index >= 15 is 0 Å². The lowest BCUT2D eigenvalue weighted by Crippen LogP contribution is -2.50. The minimum Gasteiger partial charge on any atom is -0.336 e. The van der Waals surface area contributed by atoms with Gasteiger partial charge in [-0.2, -0.15) is 0 Å². The number of anilines is 1. The molecule has 0 saturated carbocycles. The number of benzene rings is 2. The van der Waals surface area contributed by atoms with Gasteiger partial charge in [-0.3, -0.25) is 24.5 Å². The third-order valence-corrected chi connectivity index (χ3v) is 4.85. The molecule has 3 aromatic rings. The van der Waals surface area contributed by atoms with Crippen LogP contribution in [0.2, 0.25) is 0 Å². The van der Waals surface area contributed by atoms with E-state index in [2.05, 4.69) is 15.3 Å². The van der Waals surface area contributed by atoms with E-state index in [0.717, 1.165) is 5.52 Å². The zero-order valence-electron chi connectivity index (χ0n) is 15.7. The minimum atomic E-state index is -0.394.